The van der Waals surface area contributed by atoms with E-state index in [9.17, 15) is 9.59 Å². The summed E-state index contributed by atoms with van der Waals surface area (Å²) in [6.07, 6.45) is 4.44. The number of para-hydroxylation sites is 1. The SMILES string of the molecule is CCc1cccc(CC)c1Nc1ccc(C(=O)N2CCN(C=O)CC2)nc1. The lowest BCUT2D eigenvalue weighted by Gasteiger charge is -2.32. The fourth-order valence-corrected chi connectivity index (χ4v) is 3.33. The quantitative estimate of drug-likeness (QED) is 0.799. The zero-order valence-electron chi connectivity index (χ0n) is 15.9. The lowest BCUT2D eigenvalue weighted by molar-refractivity contribution is -0.119. The Balaban J connectivity index is 1.71. The lowest BCUT2D eigenvalue weighted by atomic mass is 10.0. The first kappa shape index (κ1) is 18.9. The Morgan fingerprint density at radius 1 is 1.07 bits per heavy atom. The molecule has 1 aliphatic heterocycles. The Morgan fingerprint density at radius 3 is 2.26 bits per heavy atom. The van der Waals surface area contributed by atoms with Crippen LogP contribution in [0, 0.1) is 0 Å². The molecule has 1 aromatic heterocycles. The normalized spacial score (nSPS) is 14.1. The van der Waals surface area contributed by atoms with Gasteiger partial charge in [-0.15, -0.1) is 0 Å². The van der Waals surface area contributed by atoms with Gasteiger partial charge in [-0.25, -0.2) is 4.98 Å². The molecule has 27 heavy (non-hydrogen) atoms. The zero-order valence-corrected chi connectivity index (χ0v) is 15.9. The van der Waals surface area contributed by atoms with Crippen LogP contribution in [0.3, 0.4) is 0 Å². The summed E-state index contributed by atoms with van der Waals surface area (Å²) < 4.78 is 0. The molecule has 1 fully saturated rings. The van der Waals surface area contributed by atoms with E-state index in [1.165, 1.54) is 11.1 Å². The number of rotatable bonds is 6. The van der Waals surface area contributed by atoms with Crippen LogP contribution < -0.4 is 5.32 Å². The molecular weight excluding hydrogens is 340 g/mol. The van der Waals surface area contributed by atoms with E-state index in [0.29, 0.717) is 31.9 Å². The number of nitrogens with zero attached hydrogens (tertiary/aromatic N) is 3. The van der Waals surface area contributed by atoms with Crippen LogP contribution in [0.4, 0.5) is 11.4 Å². The molecule has 1 aromatic carbocycles. The lowest BCUT2D eigenvalue weighted by Crippen LogP contribution is -2.48. The van der Waals surface area contributed by atoms with Crippen LogP contribution in [0.15, 0.2) is 36.5 Å². The van der Waals surface area contributed by atoms with Crippen molar-refractivity contribution >= 4 is 23.7 Å². The molecule has 2 aromatic rings. The van der Waals surface area contributed by atoms with E-state index < -0.39 is 0 Å². The van der Waals surface area contributed by atoms with Crippen LogP contribution in [0.1, 0.15) is 35.5 Å². The van der Waals surface area contributed by atoms with Crippen molar-refractivity contribution in [1.82, 2.24) is 14.8 Å². The van der Waals surface area contributed by atoms with E-state index in [1.54, 1.807) is 22.1 Å². The number of benzene rings is 1. The molecule has 0 unspecified atom stereocenters. The summed E-state index contributed by atoms with van der Waals surface area (Å²) >= 11 is 0. The molecule has 6 heteroatoms. The molecular formula is C21H26N4O2. The summed E-state index contributed by atoms with van der Waals surface area (Å²) in [6.45, 7) is 6.52. The van der Waals surface area contributed by atoms with Crippen LogP contribution in [0.2, 0.25) is 0 Å². The van der Waals surface area contributed by atoms with Crippen molar-refractivity contribution in [1.29, 1.82) is 0 Å². The van der Waals surface area contributed by atoms with E-state index in [4.69, 9.17) is 0 Å². The Kier molecular flexibility index (Phi) is 6.06. The minimum absolute atomic E-state index is 0.0877. The predicted molar refractivity (Wildman–Crippen MR) is 106 cm³/mol. The van der Waals surface area contributed by atoms with Gasteiger partial charge >= 0.3 is 0 Å². The molecule has 3 rings (SSSR count). The number of carbonyl (C=O) groups is 2. The molecule has 0 saturated carbocycles. The van der Waals surface area contributed by atoms with Gasteiger partial charge in [0.1, 0.15) is 5.69 Å². The summed E-state index contributed by atoms with van der Waals surface area (Å²) in [5.74, 6) is -0.0877. The Labute approximate surface area is 160 Å². The summed E-state index contributed by atoms with van der Waals surface area (Å²) in [6, 6.07) is 10.0. The highest BCUT2D eigenvalue weighted by molar-refractivity contribution is 5.92. The number of hydrogen-bond donors (Lipinski definition) is 1. The number of piperazine rings is 1. The minimum Gasteiger partial charge on any atom is -0.354 e. The van der Waals surface area contributed by atoms with Gasteiger partial charge in [-0.3, -0.25) is 9.59 Å². The number of nitrogens with one attached hydrogen (secondary N) is 1. The maximum absolute atomic E-state index is 12.6. The van der Waals surface area contributed by atoms with E-state index in [0.717, 1.165) is 30.6 Å². The standard InChI is InChI=1S/C21H26N4O2/c1-3-16-6-5-7-17(4-2)20(16)23-18-8-9-19(22-14-18)21(27)25-12-10-24(15-26)11-13-25/h5-9,14-15,23H,3-4,10-13H2,1-2H3. The maximum atomic E-state index is 12.6. The highest BCUT2D eigenvalue weighted by Gasteiger charge is 2.22. The number of pyridine rings is 1. The average Bonchev–Trinajstić information content (AvgIpc) is 2.74. The van der Waals surface area contributed by atoms with Gasteiger partial charge in [0.05, 0.1) is 11.9 Å². The third kappa shape index (κ3) is 4.27. The minimum atomic E-state index is -0.0877. The van der Waals surface area contributed by atoms with Gasteiger partial charge in [0.25, 0.3) is 5.91 Å². The Hall–Kier alpha value is -2.89. The van der Waals surface area contributed by atoms with E-state index >= 15 is 0 Å². The monoisotopic (exact) mass is 366 g/mol. The second-order valence-electron chi connectivity index (χ2n) is 6.65. The number of anilines is 2. The number of carbonyl (C=O) groups excluding carboxylic acids is 2. The Morgan fingerprint density at radius 2 is 1.74 bits per heavy atom. The van der Waals surface area contributed by atoms with Gasteiger partial charge in [-0.05, 0) is 36.1 Å². The second-order valence-corrected chi connectivity index (χ2v) is 6.65. The van der Waals surface area contributed by atoms with E-state index in [2.05, 4.69) is 42.3 Å². The molecule has 1 aliphatic rings. The molecule has 0 atom stereocenters. The van der Waals surface area contributed by atoms with Gasteiger partial charge in [-0.2, -0.15) is 0 Å². The molecule has 0 aliphatic carbocycles. The molecule has 1 saturated heterocycles. The van der Waals surface area contributed by atoms with E-state index in [1.807, 2.05) is 6.07 Å². The van der Waals surface area contributed by atoms with Crippen molar-refractivity contribution in [3.63, 3.8) is 0 Å². The summed E-state index contributed by atoms with van der Waals surface area (Å²) in [5.41, 5.74) is 4.96. The number of aromatic nitrogens is 1. The first-order valence-electron chi connectivity index (χ1n) is 9.48. The molecule has 2 heterocycles. The molecule has 2 amide bonds. The van der Waals surface area contributed by atoms with E-state index in [-0.39, 0.29) is 5.91 Å². The molecule has 1 N–H and O–H groups in total. The van der Waals surface area contributed by atoms with Crippen molar-refractivity contribution in [2.75, 3.05) is 31.5 Å². The highest BCUT2D eigenvalue weighted by atomic mass is 16.2. The molecule has 0 bridgehead atoms. The molecule has 0 radical (unpaired) electrons. The third-order valence-corrected chi connectivity index (χ3v) is 5.00. The molecule has 142 valence electrons. The average molecular weight is 366 g/mol. The van der Waals surface area contributed by atoms with Gasteiger partial charge in [0.2, 0.25) is 6.41 Å². The fraction of sp³-hybridized carbons (Fsp3) is 0.381. The zero-order chi connectivity index (χ0) is 19.2. The van der Waals surface area contributed by atoms with Crippen molar-refractivity contribution in [2.45, 2.75) is 26.7 Å². The summed E-state index contributed by atoms with van der Waals surface area (Å²) in [5, 5.41) is 3.47. The van der Waals surface area contributed by atoms with Crippen molar-refractivity contribution < 1.29 is 9.59 Å². The highest BCUT2D eigenvalue weighted by Crippen LogP contribution is 2.26. The number of hydrogen-bond acceptors (Lipinski definition) is 4. The first-order chi connectivity index (χ1) is 13.2. The summed E-state index contributed by atoms with van der Waals surface area (Å²) in [7, 11) is 0. The van der Waals surface area contributed by atoms with Crippen molar-refractivity contribution in [2.24, 2.45) is 0 Å². The maximum Gasteiger partial charge on any atom is 0.272 e. The topological polar surface area (TPSA) is 65.5 Å². The predicted octanol–water partition coefficient (Wildman–Crippen LogP) is 2.86. The van der Waals surface area contributed by atoms with Gasteiger partial charge in [0, 0.05) is 31.9 Å². The Bertz CT molecular complexity index is 774. The fourth-order valence-electron chi connectivity index (χ4n) is 3.33. The smallest absolute Gasteiger partial charge is 0.272 e. The van der Waals surface area contributed by atoms with Crippen LogP contribution in [0.25, 0.3) is 0 Å². The van der Waals surface area contributed by atoms with Crippen LogP contribution in [0.5, 0.6) is 0 Å². The second kappa shape index (κ2) is 8.66. The molecule has 6 nitrogen and oxygen atoms in total. The van der Waals surface area contributed by atoms with Crippen molar-refractivity contribution in [3.05, 3.63) is 53.3 Å². The number of aryl methyl sites for hydroxylation is 2. The molecule has 0 spiro atoms. The first-order valence-corrected chi connectivity index (χ1v) is 9.48. The number of amides is 2. The van der Waals surface area contributed by atoms with Crippen LogP contribution >= 0.6 is 0 Å². The van der Waals surface area contributed by atoms with Crippen LogP contribution in [-0.4, -0.2) is 53.3 Å². The van der Waals surface area contributed by atoms with Crippen molar-refractivity contribution in [3.8, 4) is 0 Å². The van der Waals surface area contributed by atoms with Gasteiger partial charge in [-0.1, -0.05) is 32.0 Å². The van der Waals surface area contributed by atoms with Crippen LogP contribution in [-0.2, 0) is 17.6 Å². The summed E-state index contributed by atoms with van der Waals surface area (Å²) in [4.78, 5) is 31.2. The van der Waals surface area contributed by atoms with Gasteiger partial charge < -0.3 is 15.1 Å². The largest absolute Gasteiger partial charge is 0.354 e. The van der Waals surface area contributed by atoms with Gasteiger partial charge in [0.15, 0.2) is 0 Å². The third-order valence-electron chi connectivity index (χ3n) is 5.00.